The van der Waals surface area contributed by atoms with E-state index >= 15 is 0 Å². The monoisotopic (exact) mass is 266 g/mol. The zero-order valence-electron chi connectivity index (χ0n) is 11.7. The summed E-state index contributed by atoms with van der Waals surface area (Å²) >= 11 is 0. The molecule has 19 heavy (non-hydrogen) atoms. The number of azo groups is 1. The molecule has 0 N–H and O–H groups in total. The van der Waals surface area contributed by atoms with Gasteiger partial charge in [-0.05, 0) is 19.8 Å². The molecule has 0 unspecified atom stereocenters. The van der Waals surface area contributed by atoms with E-state index in [1.54, 1.807) is 0 Å². The Hall–Kier alpha value is -0.970. The number of nitrogens with zero attached hydrogens (tertiary/aromatic N) is 2. The van der Waals surface area contributed by atoms with Crippen LogP contribution >= 0.6 is 0 Å². The average molecular weight is 266 g/mol. The first-order valence-electron chi connectivity index (χ1n) is 7.40. The summed E-state index contributed by atoms with van der Waals surface area (Å²) in [6.07, 6.45) is 5.25. The van der Waals surface area contributed by atoms with Crippen LogP contribution in [0.1, 0.15) is 46.0 Å². The lowest BCUT2D eigenvalue weighted by atomic mass is 9.81. The number of ether oxygens (including phenoxy) is 2. The molecule has 4 atom stereocenters. The zero-order valence-corrected chi connectivity index (χ0v) is 11.7. The predicted molar refractivity (Wildman–Crippen MR) is 68.6 cm³/mol. The fraction of sp³-hybridized carbons (Fsp3) is 0.929. The van der Waals surface area contributed by atoms with Crippen molar-refractivity contribution in [2.45, 2.75) is 63.9 Å². The summed E-state index contributed by atoms with van der Waals surface area (Å²) < 4.78 is 11.6. The van der Waals surface area contributed by atoms with Gasteiger partial charge in [0.25, 0.3) is 0 Å². The van der Waals surface area contributed by atoms with Crippen molar-refractivity contribution in [3.63, 3.8) is 0 Å². The Kier molecular flexibility index (Phi) is 3.33. The van der Waals surface area contributed by atoms with Crippen LogP contribution in [0.4, 0.5) is 0 Å². The number of hydrogen-bond acceptors (Lipinski definition) is 5. The molecule has 1 saturated heterocycles. The zero-order chi connectivity index (χ0) is 13.5. The van der Waals surface area contributed by atoms with E-state index in [1.165, 1.54) is 19.3 Å². The molecule has 1 saturated carbocycles. The summed E-state index contributed by atoms with van der Waals surface area (Å²) in [5.41, 5.74) is -0.898. The molecule has 0 radical (unpaired) electrons. The van der Waals surface area contributed by atoms with E-state index in [2.05, 4.69) is 10.2 Å². The van der Waals surface area contributed by atoms with E-state index in [1.807, 2.05) is 13.8 Å². The fourth-order valence-electron chi connectivity index (χ4n) is 3.55. The number of esters is 1. The first kappa shape index (κ1) is 13.0. The quantitative estimate of drug-likeness (QED) is 0.685. The van der Waals surface area contributed by atoms with Crippen molar-refractivity contribution in [3.8, 4) is 0 Å². The number of carbonyl (C=O) groups is 1. The molecule has 2 heterocycles. The minimum atomic E-state index is -0.898. The molecule has 0 aromatic heterocycles. The molecule has 0 amide bonds. The Morgan fingerprint density at radius 1 is 1.21 bits per heavy atom. The SMILES string of the molecule is C[C@@H]1CN=N[C@@]12C(=O)O[C@H](C1CCCCC1)O[C@@H]2C. The third kappa shape index (κ3) is 1.98. The van der Waals surface area contributed by atoms with Gasteiger partial charge in [0.1, 0.15) is 0 Å². The first-order chi connectivity index (χ1) is 9.14. The summed E-state index contributed by atoms with van der Waals surface area (Å²) in [7, 11) is 0. The van der Waals surface area contributed by atoms with Gasteiger partial charge in [-0.15, -0.1) is 0 Å². The van der Waals surface area contributed by atoms with Gasteiger partial charge in [0.15, 0.2) is 0 Å². The molecular weight excluding hydrogens is 244 g/mol. The first-order valence-corrected chi connectivity index (χ1v) is 7.40. The molecule has 0 bridgehead atoms. The van der Waals surface area contributed by atoms with Gasteiger partial charge in [-0.3, -0.25) is 0 Å². The van der Waals surface area contributed by atoms with E-state index in [-0.39, 0.29) is 24.3 Å². The van der Waals surface area contributed by atoms with Gasteiger partial charge < -0.3 is 9.47 Å². The van der Waals surface area contributed by atoms with Crippen molar-refractivity contribution in [1.82, 2.24) is 0 Å². The highest BCUT2D eigenvalue weighted by atomic mass is 16.7. The van der Waals surface area contributed by atoms with Crippen LogP contribution in [0.3, 0.4) is 0 Å². The Bertz CT molecular complexity index is 392. The largest absolute Gasteiger partial charge is 0.434 e. The van der Waals surface area contributed by atoms with Crippen molar-refractivity contribution < 1.29 is 14.3 Å². The number of rotatable bonds is 1. The number of hydrogen-bond donors (Lipinski definition) is 0. The summed E-state index contributed by atoms with van der Waals surface area (Å²) in [6.45, 7) is 4.50. The second-order valence-corrected chi connectivity index (χ2v) is 6.10. The van der Waals surface area contributed by atoms with Gasteiger partial charge in [0, 0.05) is 11.8 Å². The van der Waals surface area contributed by atoms with Crippen LogP contribution in [0.15, 0.2) is 10.2 Å². The molecule has 2 fully saturated rings. The minimum absolute atomic E-state index is 0.0577. The molecule has 2 aliphatic heterocycles. The second-order valence-electron chi connectivity index (χ2n) is 6.10. The van der Waals surface area contributed by atoms with Gasteiger partial charge in [-0.1, -0.05) is 26.2 Å². The van der Waals surface area contributed by atoms with Crippen LogP contribution in [-0.4, -0.2) is 30.4 Å². The second kappa shape index (κ2) is 4.85. The van der Waals surface area contributed by atoms with Crippen molar-refractivity contribution in [2.24, 2.45) is 22.1 Å². The van der Waals surface area contributed by atoms with Crippen LogP contribution in [0.5, 0.6) is 0 Å². The fourth-order valence-corrected chi connectivity index (χ4v) is 3.55. The van der Waals surface area contributed by atoms with Crippen molar-refractivity contribution in [1.29, 1.82) is 0 Å². The lowest BCUT2D eigenvalue weighted by Crippen LogP contribution is -2.59. The maximum Gasteiger partial charge on any atom is 0.341 e. The summed E-state index contributed by atoms with van der Waals surface area (Å²) in [4.78, 5) is 12.4. The summed E-state index contributed by atoms with van der Waals surface area (Å²) in [5, 5.41) is 8.20. The highest BCUT2D eigenvalue weighted by molar-refractivity contribution is 5.83. The predicted octanol–water partition coefficient (Wildman–Crippen LogP) is 2.70. The highest BCUT2D eigenvalue weighted by Gasteiger charge is 2.58. The lowest BCUT2D eigenvalue weighted by Gasteiger charge is -2.43. The third-order valence-electron chi connectivity index (χ3n) is 4.89. The lowest BCUT2D eigenvalue weighted by molar-refractivity contribution is -0.251. The van der Waals surface area contributed by atoms with Gasteiger partial charge in [-0.25, -0.2) is 4.79 Å². The molecule has 5 nitrogen and oxygen atoms in total. The summed E-state index contributed by atoms with van der Waals surface area (Å²) in [6, 6.07) is 0. The molecule has 0 aromatic rings. The van der Waals surface area contributed by atoms with Crippen molar-refractivity contribution in [3.05, 3.63) is 0 Å². The Morgan fingerprint density at radius 3 is 2.53 bits per heavy atom. The van der Waals surface area contributed by atoms with E-state index in [0.717, 1.165) is 12.8 Å². The maximum absolute atomic E-state index is 12.4. The number of cyclic esters (lactones) is 1. The topological polar surface area (TPSA) is 60.2 Å². The van der Waals surface area contributed by atoms with Crippen molar-refractivity contribution >= 4 is 5.97 Å². The van der Waals surface area contributed by atoms with Crippen LogP contribution in [0, 0.1) is 11.8 Å². The average Bonchev–Trinajstić information content (AvgIpc) is 2.80. The van der Waals surface area contributed by atoms with Crippen molar-refractivity contribution in [2.75, 3.05) is 6.54 Å². The molecule has 0 aromatic carbocycles. The molecule has 5 heteroatoms. The van der Waals surface area contributed by atoms with E-state index < -0.39 is 5.54 Å². The van der Waals surface area contributed by atoms with Crippen LogP contribution < -0.4 is 0 Å². The Balaban J connectivity index is 1.75. The molecular formula is C14H22N2O3. The van der Waals surface area contributed by atoms with E-state index in [4.69, 9.17) is 9.47 Å². The van der Waals surface area contributed by atoms with Crippen LogP contribution in [0.25, 0.3) is 0 Å². The Labute approximate surface area is 113 Å². The summed E-state index contributed by atoms with van der Waals surface area (Å²) in [5.74, 6) is 0.170. The van der Waals surface area contributed by atoms with E-state index in [9.17, 15) is 4.79 Å². The van der Waals surface area contributed by atoms with E-state index in [0.29, 0.717) is 12.5 Å². The third-order valence-corrected chi connectivity index (χ3v) is 4.89. The van der Waals surface area contributed by atoms with Crippen LogP contribution in [-0.2, 0) is 14.3 Å². The van der Waals surface area contributed by atoms with Gasteiger partial charge in [0.2, 0.25) is 11.8 Å². The molecule has 1 spiro atoms. The normalized spacial score (nSPS) is 43.7. The molecule has 106 valence electrons. The molecule has 3 aliphatic rings. The number of carbonyl (C=O) groups excluding carboxylic acids is 1. The van der Waals surface area contributed by atoms with Gasteiger partial charge in [-0.2, -0.15) is 10.2 Å². The highest BCUT2D eigenvalue weighted by Crippen LogP contribution is 2.41. The smallest absolute Gasteiger partial charge is 0.341 e. The molecule has 1 aliphatic carbocycles. The maximum atomic E-state index is 12.4. The van der Waals surface area contributed by atoms with Gasteiger partial charge >= 0.3 is 5.97 Å². The minimum Gasteiger partial charge on any atom is -0.434 e. The molecule has 3 rings (SSSR count). The van der Waals surface area contributed by atoms with Crippen LogP contribution in [0.2, 0.25) is 0 Å². The van der Waals surface area contributed by atoms with Gasteiger partial charge in [0.05, 0.1) is 12.6 Å². The Morgan fingerprint density at radius 2 is 1.95 bits per heavy atom. The standard InChI is InChI=1S/C14H22N2O3/c1-9-8-15-16-14(9)10(2)18-12(19-13(14)17)11-6-4-3-5-7-11/h9-12H,3-8H2,1-2H3/t9-,10-,12-,14+/m1/s1.